The van der Waals surface area contributed by atoms with E-state index in [0.717, 1.165) is 38.0 Å². The van der Waals surface area contributed by atoms with Crippen LogP contribution < -0.4 is 5.32 Å². The van der Waals surface area contributed by atoms with Crippen LogP contribution in [0, 0.1) is 12.7 Å². The Morgan fingerprint density at radius 1 is 1.44 bits per heavy atom. The molecule has 3 rings (SSSR count). The smallest absolute Gasteiger partial charge is 0.256 e. The summed E-state index contributed by atoms with van der Waals surface area (Å²) in [7, 11) is 0. The molecule has 1 aliphatic heterocycles. The molecule has 1 aromatic heterocycles. The molecule has 1 aromatic carbocycles. The number of nitrogens with one attached hydrogen (secondary N) is 1. The average molecular weight is 362 g/mol. The first kappa shape index (κ1) is 17.8. The highest BCUT2D eigenvalue weighted by molar-refractivity contribution is 6.34. The van der Waals surface area contributed by atoms with Crippen LogP contribution in [0.25, 0.3) is 0 Å². The second-order valence-corrected chi connectivity index (χ2v) is 6.84. The van der Waals surface area contributed by atoms with Gasteiger partial charge < -0.3 is 5.32 Å². The number of aromatic nitrogens is 1. The number of benzene rings is 1. The Morgan fingerprint density at radius 2 is 2.28 bits per heavy atom. The molecule has 1 unspecified atom stereocenters. The van der Waals surface area contributed by atoms with Crippen molar-refractivity contribution in [2.45, 2.75) is 32.4 Å². The van der Waals surface area contributed by atoms with Gasteiger partial charge in [-0.15, -0.1) is 0 Å². The Bertz CT molecular complexity index is 754. The number of amides is 1. The molecule has 0 radical (unpaired) electrons. The van der Waals surface area contributed by atoms with E-state index in [1.54, 1.807) is 19.2 Å². The number of halogens is 2. The van der Waals surface area contributed by atoms with Gasteiger partial charge in [0.1, 0.15) is 5.82 Å². The topological polar surface area (TPSA) is 45.2 Å². The van der Waals surface area contributed by atoms with E-state index in [4.69, 9.17) is 11.6 Å². The number of likely N-dealkylation sites (tertiary alicyclic amines) is 1. The quantitative estimate of drug-likeness (QED) is 0.905. The summed E-state index contributed by atoms with van der Waals surface area (Å²) in [6.07, 6.45) is 5.46. The molecule has 1 fully saturated rings. The predicted octanol–water partition coefficient (Wildman–Crippen LogP) is 3.58. The molecule has 2 heterocycles. The summed E-state index contributed by atoms with van der Waals surface area (Å²) in [6.45, 7) is 4.25. The van der Waals surface area contributed by atoms with Crippen LogP contribution in [0.15, 0.2) is 36.7 Å². The Kier molecular flexibility index (Phi) is 5.66. The summed E-state index contributed by atoms with van der Waals surface area (Å²) in [6, 6.07) is 6.79. The molecular weight excluding hydrogens is 341 g/mol. The van der Waals surface area contributed by atoms with Crippen LogP contribution >= 0.6 is 11.6 Å². The van der Waals surface area contributed by atoms with E-state index in [-0.39, 0.29) is 16.6 Å². The van der Waals surface area contributed by atoms with Crippen LogP contribution in [0.4, 0.5) is 4.39 Å². The lowest BCUT2D eigenvalue weighted by Gasteiger charge is -2.33. The van der Waals surface area contributed by atoms with Gasteiger partial charge >= 0.3 is 0 Å². The zero-order valence-electron chi connectivity index (χ0n) is 14.1. The van der Waals surface area contributed by atoms with Gasteiger partial charge in [0.25, 0.3) is 5.91 Å². The van der Waals surface area contributed by atoms with E-state index in [9.17, 15) is 9.18 Å². The van der Waals surface area contributed by atoms with Crippen molar-refractivity contribution in [2.75, 3.05) is 13.1 Å². The molecular formula is C19H21ClFN3O. The minimum absolute atomic E-state index is 0.0195. The fraction of sp³-hybridized carbons (Fsp3) is 0.368. The van der Waals surface area contributed by atoms with Gasteiger partial charge in [-0.3, -0.25) is 14.7 Å². The second kappa shape index (κ2) is 7.93. The van der Waals surface area contributed by atoms with Gasteiger partial charge in [0.05, 0.1) is 10.6 Å². The maximum Gasteiger partial charge on any atom is 0.256 e. The number of piperidine rings is 1. The maximum absolute atomic E-state index is 14.0. The van der Waals surface area contributed by atoms with Crippen molar-refractivity contribution in [3.63, 3.8) is 0 Å². The third-order valence-electron chi connectivity index (χ3n) is 4.48. The number of carbonyl (C=O) groups excluding carboxylic acids is 1. The Labute approximate surface area is 152 Å². The minimum atomic E-state index is -0.587. The van der Waals surface area contributed by atoms with Gasteiger partial charge in [0, 0.05) is 31.5 Å². The zero-order chi connectivity index (χ0) is 17.8. The van der Waals surface area contributed by atoms with Crippen molar-refractivity contribution in [3.05, 3.63) is 64.2 Å². The van der Waals surface area contributed by atoms with Gasteiger partial charge in [-0.1, -0.05) is 23.7 Å². The van der Waals surface area contributed by atoms with E-state index in [2.05, 4.69) is 15.2 Å². The first-order chi connectivity index (χ1) is 12.0. The molecule has 0 saturated carbocycles. The lowest BCUT2D eigenvalue weighted by Crippen LogP contribution is -2.47. The fourth-order valence-corrected chi connectivity index (χ4v) is 3.43. The van der Waals surface area contributed by atoms with Crippen molar-refractivity contribution >= 4 is 17.5 Å². The highest BCUT2D eigenvalue weighted by Crippen LogP contribution is 2.24. The number of hydrogen-bond acceptors (Lipinski definition) is 3. The molecule has 6 heteroatoms. The van der Waals surface area contributed by atoms with Crippen LogP contribution in [0.5, 0.6) is 0 Å². The van der Waals surface area contributed by atoms with Crippen molar-refractivity contribution < 1.29 is 9.18 Å². The Balaban J connectivity index is 1.65. The van der Waals surface area contributed by atoms with Gasteiger partial charge in [0.2, 0.25) is 0 Å². The molecule has 0 aliphatic carbocycles. The molecule has 132 valence electrons. The minimum Gasteiger partial charge on any atom is -0.348 e. The molecule has 25 heavy (non-hydrogen) atoms. The van der Waals surface area contributed by atoms with E-state index < -0.39 is 11.7 Å². The largest absolute Gasteiger partial charge is 0.348 e. The Morgan fingerprint density at radius 3 is 3.04 bits per heavy atom. The summed E-state index contributed by atoms with van der Waals surface area (Å²) in [5, 5.41) is 3.12. The average Bonchev–Trinajstić information content (AvgIpc) is 2.60. The van der Waals surface area contributed by atoms with E-state index >= 15 is 0 Å². The van der Waals surface area contributed by atoms with E-state index in [1.165, 1.54) is 6.07 Å². The highest BCUT2D eigenvalue weighted by atomic mass is 35.5. The SMILES string of the molecule is Cc1ccc(F)c(C(=O)NC2CCCN(Cc3cccnc3)C2)c1Cl. The number of rotatable bonds is 4. The number of aryl methyl sites for hydroxylation is 1. The molecule has 0 bridgehead atoms. The van der Waals surface area contributed by atoms with Crippen LogP contribution in [0.1, 0.15) is 34.3 Å². The number of nitrogens with zero attached hydrogens (tertiary/aromatic N) is 2. The number of pyridine rings is 1. The van der Waals surface area contributed by atoms with Gasteiger partial charge in [-0.05, 0) is 49.6 Å². The summed E-state index contributed by atoms with van der Waals surface area (Å²) in [5.41, 5.74) is 1.77. The maximum atomic E-state index is 14.0. The van der Waals surface area contributed by atoms with Crippen LogP contribution in [-0.4, -0.2) is 34.9 Å². The Hall–Kier alpha value is -1.98. The monoisotopic (exact) mass is 361 g/mol. The molecule has 1 saturated heterocycles. The number of hydrogen-bond donors (Lipinski definition) is 1. The number of carbonyl (C=O) groups is 1. The fourth-order valence-electron chi connectivity index (χ4n) is 3.19. The molecule has 1 aliphatic rings. The molecule has 2 aromatic rings. The summed E-state index contributed by atoms with van der Waals surface area (Å²) >= 11 is 6.13. The highest BCUT2D eigenvalue weighted by Gasteiger charge is 2.24. The molecule has 1 atom stereocenters. The van der Waals surface area contributed by atoms with Crippen molar-refractivity contribution in [2.24, 2.45) is 0 Å². The van der Waals surface area contributed by atoms with Gasteiger partial charge in [-0.2, -0.15) is 0 Å². The zero-order valence-corrected chi connectivity index (χ0v) is 14.9. The summed E-state index contributed by atoms with van der Waals surface area (Å²) in [4.78, 5) is 18.9. The van der Waals surface area contributed by atoms with Crippen molar-refractivity contribution in [1.29, 1.82) is 0 Å². The predicted molar refractivity (Wildman–Crippen MR) is 96.1 cm³/mol. The normalized spacial score (nSPS) is 18.1. The van der Waals surface area contributed by atoms with Gasteiger partial charge in [0.15, 0.2) is 0 Å². The van der Waals surface area contributed by atoms with E-state index in [0.29, 0.717) is 5.56 Å². The molecule has 1 N–H and O–H groups in total. The van der Waals surface area contributed by atoms with Gasteiger partial charge in [-0.25, -0.2) is 4.39 Å². The summed E-state index contributed by atoms with van der Waals surface area (Å²) < 4.78 is 14.0. The third-order valence-corrected chi connectivity index (χ3v) is 4.97. The third kappa shape index (κ3) is 4.35. The molecule has 4 nitrogen and oxygen atoms in total. The first-order valence-electron chi connectivity index (χ1n) is 8.41. The summed E-state index contributed by atoms with van der Waals surface area (Å²) in [5.74, 6) is -1.03. The second-order valence-electron chi connectivity index (χ2n) is 6.46. The lowest BCUT2D eigenvalue weighted by molar-refractivity contribution is 0.0897. The van der Waals surface area contributed by atoms with Crippen molar-refractivity contribution in [1.82, 2.24) is 15.2 Å². The molecule has 1 amide bonds. The van der Waals surface area contributed by atoms with Crippen LogP contribution in [0.3, 0.4) is 0 Å². The standard InChI is InChI=1S/C19H21ClFN3O/c1-13-6-7-16(21)17(18(13)20)19(25)23-15-5-3-9-24(12-15)11-14-4-2-8-22-10-14/h2,4,6-8,10,15H,3,5,9,11-12H2,1H3,(H,23,25). The van der Waals surface area contributed by atoms with Crippen LogP contribution in [-0.2, 0) is 6.54 Å². The van der Waals surface area contributed by atoms with E-state index in [1.807, 2.05) is 18.3 Å². The van der Waals surface area contributed by atoms with Crippen LogP contribution in [0.2, 0.25) is 5.02 Å². The van der Waals surface area contributed by atoms with Crippen molar-refractivity contribution in [3.8, 4) is 0 Å². The molecule has 0 spiro atoms. The lowest BCUT2D eigenvalue weighted by atomic mass is 10.0. The first-order valence-corrected chi connectivity index (χ1v) is 8.79.